The first-order valence-corrected chi connectivity index (χ1v) is 10.6. The smallest absolute Gasteiger partial charge is 0.143 e. The summed E-state index contributed by atoms with van der Waals surface area (Å²) in [7, 11) is 0. The molecule has 0 atom stereocenters. The van der Waals surface area contributed by atoms with Gasteiger partial charge in [-0.25, -0.2) is 0 Å². The first-order valence-electron chi connectivity index (χ1n) is 8.94. The lowest BCUT2D eigenvalue weighted by atomic mass is 9.92. The Labute approximate surface area is 150 Å². The molecule has 2 saturated heterocycles. The van der Waals surface area contributed by atoms with E-state index in [1.54, 1.807) is 11.8 Å². The zero-order chi connectivity index (χ0) is 16.1. The molecule has 0 amide bonds. The molecule has 1 aromatic carbocycles. The van der Waals surface area contributed by atoms with E-state index in [-0.39, 0.29) is 5.66 Å². The minimum Gasteiger partial charge on any atom is -0.277 e. The fraction of sp³-hybridized carbons (Fsp3) is 0.632. The number of likely N-dealkylation sites (tertiary alicyclic amines) is 2. The van der Waals surface area contributed by atoms with Crippen molar-refractivity contribution in [1.82, 2.24) is 9.80 Å². The second-order valence-corrected chi connectivity index (χ2v) is 8.11. The van der Waals surface area contributed by atoms with Crippen molar-refractivity contribution in [3.8, 4) is 0 Å². The maximum Gasteiger partial charge on any atom is 0.143 e. The van der Waals surface area contributed by atoms with Crippen molar-refractivity contribution >= 4 is 28.2 Å². The second-order valence-electron chi connectivity index (χ2n) is 6.63. The third-order valence-electron chi connectivity index (χ3n) is 5.27. The zero-order valence-corrected chi connectivity index (χ0v) is 15.8. The van der Waals surface area contributed by atoms with Crippen LogP contribution >= 0.6 is 24.0 Å². The average Bonchev–Trinajstić information content (AvgIpc) is 2.65. The maximum absolute atomic E-state index is 6.01. The molecule has 23 heavy (non-hydrogen) atoms. The van der Waals surface area contributed by atoms with Crippen molar-refractivity contribution in [2.75, 3.05) is 32.4 Å². The highest BCUT2D eigenvalue weighted by molar-refractivity contribution is 8.22. The number of thiocarbonyl (C=S) groups is 1. The van der Waals surface area contributed by atoms with Crippen LogP contribution in [0.3, 0.4) is 0 Å². The van der Waals surface area contributed by atoms with E-state index < -0.39 is 0 Å². The molecule has 126 valence electrons. The molecule has 0 aromatic heterocycles. The van der Waals surface area contributed by atoms with Crippen LogP contribution < -0.4 is 0 Å². The van der Waals surface area contributed by atoms with Gasteiger partial charge >= 0.3 is 0 Å². The number of hydrogen-bond acceptors (Lipinski definition) is 4. The molecule has 2 aliphatic heterocycles. The van der Waals surface area contributed by atoms with Crippen LogP contribution in [0.5, 0.6) is 0 Å². The number of thioether (sulfide) groups is 1. The van der Waals surface area contributed by atoms with Gasteiger partial charge in [0.25, 0.3) is 0 Å². The standard InChI is InChI=1S/C19H28N2S2/c1-23-18(22)19(17-11-5-2-6-12-17,20-13-7-3-8-14-20)21-15-9-4-10-16-21/h2,5-6,11-12H,3-4,7-10,13-16H2,1H3. The second kappa shape index (κ2) is 8.11. The van der Waals surface area contributed by atoms with Crippen LogP contribution in [0.15, 0.2) is 30.3 Å². The highest BCUT2D eigenvalue weighted by atomic mass is 32.2. The van der Waals surface area contributed by atoms with E-state index in [0.29, 0.717) is 0 Å². The summed E-state index contributed by atoms with van der Waals surface area (Å²) in [6.07, 6.45) is 10.0. The SMILES string of the molecule is CSC(=S)C(c1ccccc1)(N1CCCCC1)N1CCCCC1. The fourth-order valence-corrected chi connectivity index (χ4v) is 5.23. The molecule has 0 N–H and O–H groups in total. The van der Waals surface area contributed by atoms with Gasteiger partial charge in [0.15, 0.2) is 0 Å². The molecule has 0 radical (unpaired) electrons. The lowest BCUT2D eigenvalue weighted by Gasteiger charge is -2.53. The van der Waals surface area contributed by atoms with Crippen molar-refractivity contribution in [2.24, 2.45) is 0 Å². The normalized spacial score (nSPS) is 21.3. The van der Waals surface area contributed by atoms with Gasteiger partial charge in [0.1, 0.15) is 5.66 Å². The Morgan fingerprint density at radius 1 is 0.870 bits per heavy atom. The summed E-state index contributed by atoms with van der Waals surface area (Å²) in [6, 6.07) is 11.0. The molecular formula is C19H28N2S2. The minimum absolute atomic E-state index is 0.198. The zero-order valence-electron chi connectivity index (χ0n) is 14.2. The van der Waals surface area contributed by atoms with Crippen LogP contribution in [-0.2, 0) is 5.66 Å². The lowest BCUT2D eigenvalue weighted by molar-refractivity contribution is -0.0280. The number of nitrogens with zero attached hydrogens (tertiary/aromatic N) is 2. The molecule has 3 rings (SSSR count). The van der Waals surface area contributed by atoms with Gasteiger partial charge < -0.3 is 0 Å². The quantitative estimate of drug-likeness (QED) is 0.739. The van der Waals surface area contributed by atoms with Crippen LogP contribution in [0.2, 0.25) is 0 Å². The van der Waals surface area contributed by atoms with Gasteiger partial charge in [-0.15, -0.1) is 11.8 Å². The van der Waals surface area contributed by atoms with E-state index in [1.165, 1.54) is 44.1 Å². The van der Waals surface area contributed by atoms with Gasteiger partial charge in [0, 0.05) is 26.2 Å². The Morgan fingerprint density at radius 3 is 1.78 bits per heavy atom. The topological polar surface area (TPSA) is 6.48 Å². The molecule has 0 bridgehead atoms. The minimum atomic E-state index is -0.198. The number of hydrogen-bond donors (Lipinski definition) is 0. The largest absolute Gasteiger partial charge is 0.277 e. The molecule has 2 fully saturated rings. The van der Waals surface area contributed by atoms with E-state index in [2.05, 4.69) is 46.4 Å². The maximum atomic E-state index is 6.01. The number of piperidine rings is 2. The van der Waals surface area contributed by atoms with Crippen LogP contribution in [0.4, 0.5) is 0 Å². The Hall–Kier alpha value is -0.420. The average molecular weight is 349 g/mol. The summed E-state index contributed by atoms with van der Waals surface area (Å²) in [6.45, 7) is 4.64. The first kappa shape index (κ1) is 17.4. The predicted molar refractivity (Wildman–Crippen MR) is 105 cm³/mol. The van der Waals surface area contributed by atoms with Gasteiger partial charge in [0.05, 0.1) is 4.20 Å². The van der Waals surface area contributed by atoms with E-state index in [4.69, 9.17) is 12.2 Å². The summed E-state index contributed by atoms with van der Waals surface area (Å²) < 4.78 is 1.12. The number of rotatable bonds is 4. The molecule has 0 aliphatic carbocycles. The van der Waals surface area contributed by atoms with Crippen LogP contribution in [0.25, 0.3) is 0 Å². The van der Waals surface area contributed by atoms with Crippen molar-refractivity contribution in [2.45, 2.75) is 44.2 Å². The fourth-order valence-electron chi connectivity index (χ4n) is 4.19. The summed E-state index contributed by atoms with van der Waals surface area (Å²) in [4.78, 5) is 5.35. The highest BCUT2D eigenvalue weighted by Gasteiger charge is 2.47. The molecule has 2 aliphatic rings. The Balaban J connectivity index is 2.09. The van der Waals surface area contributed by atoms with E-state index in [0.717, 1.165) is 30.4 Å². The summed E-state index contributed by atoms with van der Waals surface area (Å²) >= 11 is 7.77. The predicted octanol–water partition coefficient (Wildman–Crippen LogP) is 4.50. The molecule has 2 heterocycles. The summed E-state index contributed by atoms with van der Waals surface area (Å²) in [5.41, 5.74) is 1.17. The van der Waals surface area contributed by atoms with Gasteiger partial charge in [0.2, 0.25) is 0 Å². The monoisotopic (exact) mass is 348 g/mol. The van der Waals surface area contributed by atoms with Gasteiger partial charge in [-0.1, -0.05) is 55.4 Å². The molecule has 4 heteroatoms. The van der Waals surface area contributed by atoms with E-state index >= 15 is 0 Å². The van der Waals surface area contributed by atoms with Crippen molar-refractivity contribution in [3.63, 3.8) is 0 Å². The summed E-state index contributed by atoms with van der Waals surface area (Å²) in [5, 5.41) is 0. The van der Waals surface area contributed by atoms with Crippen LogP contribution in [-0.4, -0.2) is 46.4 Å². The van der Waals surface area contributed by atoms with Crippen molar-refractivity contribution in [1.29, 1.82) is 0 Å². The number of benzene rings is 1. The highest BCUT2D eigenvalue weighted by Crippen LogP contribution is 2.40. The molecule has 0 spiro atoms. The molecule has 1 aromatic rings. The van der Waals surface area contributed by atoms with E-state index in [1.807, 2.05) is 0 Å². The Morgan fingerprint density at radius 2 is 1.35 bits per heavy atom. The van der Waals surface area contributed by atoms with Crippen LogP contribution in [0.1, 0.15) is 44.1 Å². The first-order chi connectivity index (χ1) is 11.3. The molecule has 0 saturated carbocycles. The van der Waals surface area contributed by atoms with Crippen molar-refractivity contribution in [3.05, 3.63) is 35.9 Å². The molecule has 2 nitrogen and oxygen atoms in total. The third kappa shape index (κ3) is 3.37. The van der Waals surface area contributed by atoms with Gasteiger partial charge in [-0.2, -0.15) is 0 Å². The molecular weight excluding hydrogens is 320 g/mol. The van der Waals surface area contributed by atoms with Crippen molar-refractivity contribution < 1.29 is 0 Å². The molecule has 0 unspecified atom stereocenters. The Bertz CT molecular complexity index is 487. The van der Waals surface area contributed by atoms with Gasteiger partial charge in [-0.05, 0) is 37.5 Å². The Kier molecular flexibility index (Phi) is 6.13. The van der Waals surface area contributed by atoms with Gasteiger partial charge in [-0.3, -0.25) is 9.80 Å². The van der Waals surface area contributed by atoms with E-state index in [9.17, 15) is 0 Å². The van der Waals surface area contributed by atoms with Crippen LogP contribution in [0, 0.1) is 0 Å². The lowest BCUT2D eigenvalue weighted by Crippen LogP contribution is -2.63. The summed E-state index contributed by atoms with van der Waals surface area (Å²) in [5.74, 6) is 0. The third-order valence-corrected chi connectivity index (χ3v) is 6.71.